The molecule has 1 aliphatic heterocycles. The Morgan fingerprint density at radius 2 is 2.03 bits per heavy atom. The van der Waals surface area contributed by atoms with E-state index in [9.17, 15) is 4.79 Å². The van der Waals surface area contributed by atoms with Gasteiger partial charge in [0.2, 0.25) is 5.91 Å². The summed E-state index contributed by atoms with van der Waals surface area (Å²) in [5.41, 5.74) is 0.0497. The number of hydrogen-bond acceptors (Lipinski definition) is 6. The maximum absolute atomic E-state index is 13.3. The molecule has 1 saturated heterocycles. The number of hydrogen-bond donors (Lipinski definition) is 1. The number of nitrogens with zero attached hydrogens (tertiary/aromatic N) is 3. The maximum Gasteiger partial charge on any atom is 0.233 e. The van der Waals surface area contributed by atoms with Gasteiger partial charge < -0.3 is 10.1 Å². The Labute approximate surface area is 197 Å². The molecule has 6 nitrogen and oxygen atoms in total. The summed E-state index contributed by atoms with van der Waals surface area (Å²) in [4.78, 5) is 14.4. The first-order valence-electron chi connectivity index (χ1n) is 12.1. The molecule has 2 aromatic rings. The molecule has 172 valence electrons. The fraction of sp³-hybridized carbons (Fsp3) is 0.708. The third kappa shape index (κ3) is 4.03. The van der Waals surface area contributed by atoms with Crippen molar-refractivity contribution in [3.05, 3.63) is 17.5 Å². The summed E-state index contributed by atoms with van der Waals surface area (Å²) in [5, 5.41) is 15.2. The summed E-state index contributed by atoms with van der Waals surface area (Å²) >= 11 is 3.21. The predicted octanol–water partition coefficient (Wildman–Crippen LogP) is 4.75. The first kappa shape index (κ1) is 21.2. The first-order valence-corrected chi connectivity index (χ1v) is 13.9. The van der Waals surface area contributed by atoms with Gasteiger partial charge in [-0.1, -0.05) is 17.8 Å². The van der Waals surface area contributed by atoms with Crippen molar-refractivity contribution in [1.82, 2.24) is 20.1 Å². The summed E-state index contributed by atoms with van der Waals surface area (Å²) in [7, 11) is 0. The number of thiophene rings is 1. The van der Waals surface area contributed by atoms with Gasteiger partial charge in [-0.25, -0.2) is 0 Å². The number of aromatic nitrogens is 3. The topological polar surface area (TPSA) is 69.0 Å². The number of amides is 1. The molecule has 3 heterocycles. The zero-order valence-corrected chi connectivity index (χ0v) is 20.3. The van der Waals surface area contributed by atoms with Crippen LogP contribution in [0.25, 0.3) is 10.7 Å². The number of ether oxygens (including phenoxy) is 1. The Hall–Kier alpha value is -1.38. The molecule has 2 atom stereocenters. The molecule has 5 fully saturated rings. The molecular weight excluding hydrogens is 440 g/mol. The molecule has 1 N–H and O–H groups in total. The van der Waals surface area contributed by atoms with E-state index >= 15 is 0 Å². The Kier molecular flexibility index (Phi) is 5.58. The number of rotatable bonds is 7. The lowest BCUT2D eigenvalue weighted by Crippen LogP contribution is -2.60. The highest BCUT2D eigenvalue weighted by Gasteiger charge is 2.51. The Morgan fingerprint density at radius 1 is 1.28 bits per heavy atom. The summed E-state index contributed by atoms with van der Waals surface area (Å²) in [6.07, 6.45) is 10.1. The van der Waals surface area contributed by atoms with E-state index in [1.807, 2.05) is 13.0 Å². The van der Waals surface area contributed by atoms with E-state index in [4.69, 9.17) is 4.74 Å². The van der Waals surface area contributed by atoms with Crippen LogP contribution in [0.3, 0.4) is 0 Å². The van der Waals surface area contributed by atoms with Gasteiger partial charge in [-0.3, -0.25) is 9.36 Å². The van der Waals surface area contributed by atoms with Crippen molar-refractivity contribution in [2.75, 3.05) is 6.61 Å². The van der Waals surface area contributed by atoms with E-state index in [-0.39, 0.29) is 22.8 Å². The lowest BCUT2D eigenvalue weighted by Gasteiger charge is -2.57. The molecule has 32 heavy (non-hydrogen) atoms. The van der Waals surface area contributed by atoms with Crippen LogP contribution in [-0.4, -0.2) is 44.2 Å². The Morgan fingerprint density at radius 3 is 2.66 bits per heavy atom. The van der Waals surface area contributed by atoms with Crippen molar-refractivity contribution in [2.45, 2.75) is 86.9 Å². The van der Waals surface area contributed by atoms with Gasteiger partial charge in [-0.15, -0.1) is 21.5 Å². The monoisotopic (exact) mass is 472 g/mol. The van der Waals surface area contributed by atoms with E-state index in [1.165, 1.54) is 50.3 Å². The van der Waals surface area contributed by atoms with E-state index < -0.39 is 0 Å². The molecule has 2 unspecified atom stereocenters. The Bertz CT molecular complexity index is 932. The second-order valence-corrected chi connectivity index (χ2v) is 12.7. The van der Waals surface area contributed by atoms with Gasteiger partial charge in [0.1, 0.15) is 0 Å². The van der Waals surface area contributed by atoms with Crippen molar-refractivity contribution in [1.29, 1.82) is 0 Å². The molecule has 4 aliphatic carbocycles. The molecule has 7 rings (SSSR count). The van der Waals surface area contributed by atoms with Gasteiger partial charge in [0, 0.05) is 12.1 Å². The second kappa shape index (κ2) is 8.44. The molecule has 2 aromatic heterocycles. The third-order valence-corrected chi connectivity index (χ3v) is 9.89. The normalized spacial score (nSPS) is 34.2. The SMILES string of the molecule is CC(Sc1nnc(-c2cccs2)n1CC1CCCO1)C(=O)NC12CC3CC(CC(C3)C1)C2. The minimum absolute atomic E-state index is 0.0497. The summed E-state index contributed by atoms with van der Waals surface area (Å²) < 4.78 is 8.07. The van der Waals surface area contributed by atoms with Gasteiger partial charge in [0.05, 0.1) is 22.8 Å². The number of thioether (sulfide) groups is 1. The van der Waals surface area contributed by atoms with Crippen LogP contribution in [-0.2, 0) is 16.1 Å². The molecule has 4 saturated carbocycles. The largest absolute Gasteiger partial charge is 0.376 e. The van der Waals surface area contributed by atoms with Crippen LogP contribution in [0, 0.1) is 17.8 Å². The van der Waals surface area contributed by atoms with Crippen LogP contribution < -0.4 is 5.32 Å². The van der Waals surface area contributed by atoms with Crippen molar-refractivity contribution in [2.24, 2.45) is 17.8 Å². The van der Waals surface area contributed by atoms with Crippen molar-refractivity contribution < 1.29 is 9.53 Å². The van der Waals surface area contributed by atoms with Crippen LogP contribution in [0.4, 0.5) is 0 Å². The average Bonchev–Trinajstić information content (AvgIpc) is 3.50. The standard InChI is InChI=1S/C24H32N4O2S2/c1-15(22(29)25-24-11-16-8-17(12-24)10-18(9-16)13-24)32-23-27-26-21(20-5-3-7-31-20)28(23)14-19-4-2-6-30-19/h3,5,7,15-19H,2,4,6,8-14H2,1H3,(H,25,29). The lowest BCUT2D eigenvalue weighted by molar-refractivity contribution is -0.126. The summed E-state index contributed by atoms with van der Waals surface area (Å²) in [5.74, 6) is 3.51. The fourth-order valence-corrected chi connectivity index (χ4v) is 8.53. The molecular formula is C24H32N4O2S2. The van der Waals surface area contributed by atoms with Crippen LogP contribution in [0.2, 0.25) is 0 Å². The van der Waals surface area contributed by atoms with Gasteiger partial charge in [0.15, 0.2) is 11.0 Å². The van der Waals surface area contributed by atoms with E-state index in [0.29, 0.717) is 0 Å². The minimum Gasteiger partial charge on any atom is -0.376 e. The maximum atomic E-state index is 13.3. The summed E-state index contributed by atoms with van der Waals surface area (Å²) in [6.45, 7) is 3.58. The van der Waals surface area contributed by atoms with Crippen molar-refractivity contribution >= 4 is 29.0 Å². The number of nitrogens with one attached hydrogen (secondary N) is 1. The van der Waals surface area contributed by atoms with Gasteiger partial charge >= 0.3 is 0 Å². The van der Waals surface area contributed by atoms with Crippen LogP contribution >= 0.6 is 23.1 Å². The molecule has 4 bridgehead atoms. The molecule has 0 aromatic carbocycles. The highest BCUT2D eigenvalue weighted by molar-refractivity contribution is 8.00. The van der Waals surface area contributed by atoms with Gasteiger partial charge in [-0.05, 0) is 87.5 Å². The van der Waals surface area contributed by atoms with Crippen molar-refractivity contribution in [3.63, 3.8) is 0 Å². The summed E-state index contributed by atoms with van der Waals surface area (Å²) in [6, 6.07) is 4.12. The number of carbonyl (C=O) groups is 1. The molecule has 5 aliphatic rings. The average molecular weight is 473 g/mol. The van der Waals surface area contributed by atoms with E-state index in [1.54, 1.807) is 11.3 Å². The number of carbonyl (C=O) groups excluding carboxylic acids is 1. The van der Waals surface area contributed by atoms with Gasteiger partial charge in [0.25, 0.3) is 0 Å². The highest BCUT2D eigenvalue weighted by atomic mass is 32.2. The van der Waals surface area contributed by atoms with E-state index in [2.05, 4.69) is 31.5 Å². The molecule has 8 heteroatoms. The van der Waals surface area contributed by atoms with E-state index in [0.717, 1.165) is 59.6 Å². The lowest BCUT2D eigenvalue weighted by atomic mass is 9.53. The van der Waals surface area contributed by atoms with Crippen LogP contribution in [0.1, 0.15) is 58.3 Å². The molecule has 0 spiro atoms. The molecule has 1 amide bonds. The zero-order chi connectivity index (χ0) is 21.7. The smallest absolute Gasteiger partial charge is 0.233 e. The quantitative estimate of drug-likeness (QED) is 0.589. The highest BCUT2D eigenvalue weighted by Crippen LogP contribution is 2.55. The van der Waals surface area contributed by atoms with Crippen molar-refractivity contribution in [3.8, 4) is 10.7 Å². The van der Waals surface area contributed by atoms with Crippen LogP contribution in [0.5, 0.6) is 0 Å². The predicted molar refractivity (Wildman–Crippen MR) is 127 cm³/mol. The molecule has 0 radical (unpaired) electrons. The zero-order valence-electron chi connectivity index (χ0n) is 18.7. The first-order chi connectivity index (χ1) is 15.6. The minimum atomic E-state index is -0.202. The van der Waals surface area contributed by atoms with Crippen LogP contribution in [0.15, 0.2) is 22.7 Å². The Balaban J connectivity index is 1.18. The second-order valence-electron chi connectivity index (χ2n) is 10.5. The van der Waals surface area contributed by atoms with Gasteiger partial charge in [-0.2, -0.15) is 0 Å². The fourth-order valence-electron chi connectivity index (χ4n) is 6.96. The third-order valence-electron chi connectivity index (χ3n) is 7.95.